The number of phosphoric ester groups is 1. The standard InChI is InChI=1S/C15H22N3O14P/c16-7-1-2-18(14(26)17-7)11-10(22)9(21)6(30-11)4-29-33(27,28)32-15(13(24)25)3-5(19)8(20)12(23)31-15/h1-2,5-6,8-12,19-23H,3-4H2,(H,24,25)(H,27,28)(H2,16,17,26)/t5-,6+,8+,9-,10?,11+,12?,15?/m0/s1. The van der Waals surface area contributed by atoms with Crippen LogP contribution in [0, 0.1) is 0 Å². The zero-order chi connectivity index (χ0) is 24.7. The van der Waals surface area contributed by atoms with Crippen molar-refractivity contribution in [3.05, 3.63) is 22.7 Å². The number of carbonyl (C=O) groups is 1. The molecule has 0 amide bonds. The van der Waals surface area contributed by atoms with Gasteiger partial charge in [0.2, 0.25) is 0 Å². The number of aromatic nitrogens is 2. The van der Waals surface area contributed by atoms with E-state index in [0.29, 0.717) is 0 Å². The molecule has 18 heteroatoms. The predicted molar refractivity (Wildman–Crippen MR) is 99.8 cm³/mol. The number of hydrogen-bond donors (Lipinski definition) is 8. The highest BCUT2D eigenvalue weighted by Gasteiger charge is 2.56. The van der Waals surface area contributed by atoms with Crippen LogP contribution in [0.25, 0.3) is 0 Å². The van der Waals surface area contributed by atoms with Crippen LogP contribution < -0.4 is 11.4 Å². The van der Waals surface area contributed by atoms with Gasteiger partial charge in [-0.2, -0.15) is 4.98 Å². The largest absolute Gasteiger partial charge is 0.477 e. The summed E-state index contributed by atoms with van der Waals surface area (Å²) in [7, 11) is -5.34. The van der Waals surface area contributed by atoms with Crippen LogP contribution in [0.4, 0.5) is 5.82 Å². The third-order valence-corrected chi connectivity index (χ3v) is 5.93. The fourth-order valence-corrected chi connectivity index (χ4v) is 4.19. The molecule has 9 atom stereocenters. The van der Waals surface area contributed by atoms with Crippen LogP contribution in [0.1, 0.15) is 12.6 Å². The first-order valence-corrected chi connectivity index (χ1v) is 10.8. The van der Waals surface area contributed by atoms with Crippen LogP contribution in [-0.2, 0) is 27.9 Å². The summed E-state index contributed by atoms with van der Waals surface area (Å²) < 4.78 is 32.2. The Morgan fingerprint density at radius 3 is 2.52 bits per heavy atom. The van der Waals surface area contributed by atoms with E-state index in [1.165, 1.54) is 6.07 Å². The molecular formula is C15H22N3O14P. The number of nitrogens with zero attached hydrogens (tertiary/aromatic N) is 2. The van der Waals surface area contributed by atoms with Gasteiger partial charge < -0.3 is 50.7 Å². The van der Waals surface area contributed by atoms with Crippen molar-refractivity contribution in [2.45, 2.75) is 55.2 Å². The number of nitrogen functional groups attached to an aromatic ring is 1. The maximum Gasteiger partial charge on any atom is 0.475 e. The SMILES string of the molecule is Nc1ccn([C@@H]2O[C@H](COP(=O)(O)OC3(C(=O)O)C[C@H](O)[C@@H](O)C(O)O3)[C@H](O)C2O)c(=O)n1. The van der Waals surface area contributed by atoms with Crippen molar-refractivity contribution >= 4 is 19.6 Å². The van der Waals surface area contributed by atoms with Gasteiger partial charge in [-0.1, -0.05) is 0 Å². The van der Waals surface area contributed by atoms with E-state index in [1.54, 1.807) is 0 Å². The maximum absolute atomic E-state index is 12.3. The zero-order valence-electron chi connectivity index (χ0n) is 16.5. The highest BCUT2D eigenvalue weighted by atomic mass is 31.2. The van der Waals surface area contributed by atoms with Crippen molar-refractivity contribution in [3.63, 3.8) is 0 Å². The Bertz CT molecular complexity index is 977. The molecule has 0 radical (unpaired) electrons. The van der Waals surface area contributed by atoms with Crippen molar-refractivity contribution in [1.29, 1.82) is 0 Å². The third-order valence-electron chi connectivity index (χ3n) is 4.93. The summed E-state index contributed by atoms with van der Waals surface area (Å²) in [6, 6.07) is 1.22. The molecule has 3 heterocycles. The molecule has 0 aromatic carbocycles. The molecule has 0 spiro atoms. The van der Waals surface area contributed by atoms with E-state index in [9.17, 15) is 49.7 Å². The lowest BCUT2D eigenvalue weighted by Gasteiger charge is -2.40. The summed E-state index contributed by atoms with van der Waals surface area (Å²) in [5.74, 6) is -5.20. The van der Waals surface area contributed by atoms with Crippen molar-refractivity contribution in [1.82, 2.24) is 9.55 Å². The molecule has 9 N–H and O–H groups in total. The maximum atomic E-state index is 12.3. The highest BCUT2D eigenvalue weighted by molar-refractivity contribution is 7.47. The van der Waals surface area contributed by atoms with Gasteiger partial charge in [0.15, 0.2) is 12.5 Å². The second-order valence-corrected chi connectivity index (χ2v) is 8.65. The second-order valence-electron chi connectivity index (χ2n) is 7.27. The van der Waals surface area contributed by atoms with Gasteiger partial charge in [0.1, 0.15) is 30.2 Å². The fourth-order valence-electron chi connectivity index (χ4n) is 3.23. The van der Waals surface area contributed by atoms with Gasteiger partial charge in [0.25, 0.3) is 5.79 Å². The van der Waals surface area contributed by atoms with Crippen LogP contribution in [0.3, 0.4) is 0 Å². The Labute approximate surface area is 183 Å². The first kappa shape index (κ1) is 25.6. The van der Waals surface area contributed by atoms with Crippen molar-refractivity contribution in [2.75, 3.05) is 12.3 Å². The Hall–Kier alpha value is -2.02. The van der Waals surface area contributed by atoms with Gasteiger partial charge in [-0.15, -0.1) is 0 Å². The molecule has 33 heavy (non-hydrogen) atoms. The number of ether oxygens (including phenoxy) is 2. The number of rotatable bonds is 7. The van der Waals surface area contributed by atoms with Crippen LogP contribution in [0.2, 0.25) is 0 Å². The number of phosphoric acid groups is 1. The predicted octanol–water partition coefficient (Wildman–Crippen LogP) is -4.18. The fraction of sp³-hybridized carbons (Fsp3) is 0.667. The van der Waals surface area contributed by atoms with E-state index in [0.717, 1.165) is 10.8 Å². The minimum Gasteiger partial charge on any atom is -0.477 e. The molecule has 3 rings (SSSR count). The molecule has 17 nitrogen and oxygen atoms in total. The average Bonchev–Trinajstić information content (AvgIpc) is 2.98. The molecule has 4 unspecified atom stereocenters. The van der Waals surface area contributed by atoms with Gasteiger partial charge in [-0.25, -0.2) is 18.7 Å². The second kappa shape index (κ2) is 9.32. The smallest absolute Gasteiger partial charge is 0.475 e. The first-order chi connectivity index (χ1) is 15.3. The van der Waals surface area contributed by atoms with Crippen LogP contribution >= 0.6 is 7.82 Å². The average molecular weight is 499 g/mol. The summed E-state index contributed by atoms with van der Waals surface area (Å²) in [5, 5.41) is 58.4. The van der Waals surface area contributed by atoms with Gasteiger partial charge in [-0.05, 0) is 6.07 Å². The van der Waals surface area contributed by atoms with Crippen LogP contribution in [0.15, 0.2) is 17.1 Å². The molecule has 2 saturated heterocycles. The Balaban J connectivity index is 1.70. The number of aliphatic hydroxyl groups excluding tert-OH is 5. The lowest BCUT2D eigenvalue weighted by Crippen LogP contribution is -2.59. The number of hydrogen-bond acceptors (Lipinski definition) is 14. The van der Waals surface area contributed by atoms with E-state index in [-0.39, 0.29) is 5.82 Å². The molecule has 2 fully saturated rings. The molecule has 2 aliphatic heterocycles. The number of aliphatic hydroxyl groups is 5. The summed E-state index contributed by atoms with van der Waals surface area (Å²) in [5.41, 5.74) is 4.46. The van der Waals surface area contributed by atoms with E-state index >= 15 is 0 Å². The van der Waals surface area contributed by atoms with E-state index in [1.807, 2.05) is 0 Å². The summed E-state index contributed by atoms with van der Waals surface area (Å²) in [6.07, 6.45) is -12.4. The molecular weight excluding hydrogens is 477 g/mol. The summed E-state index contributed by atoms with van der Waals surface area (Å²) in [6.45, 7) is -0.941. The molecule has 0 saturated carbocycles. The van der Waals surface area contributed by atoms with E-state index < -0.39 is 81.3 Å². The summed E-state index contributed by atoms with van der Waals surface area (Å²) in [4.78, 5) is 36.9. The zero-order valence-corrected chi connectivity index (χ0v) is 17.4. The highest BCUT2D eigenvalue weighted by Crippen LogP contribution is 2.51. The Morgan fingerprint density at radius 2 is 1.94 bits per heavy atom. The minimum absolute atomic E-state index is 0.109. The quantitative estimate of drug-likeness (QED) is 0.165. The van der Waals surface area contributed by atoms with Gasteiger partial charge in [0.05, 0.1) is 12.7 Å². The lowest BCUT2D eigenvalue weighted by molar-refractivity contribution is -0.332. The number of aliphatic carboxylic acids is 1. The normalized spacial score (nSPS) is 38.7. The minimum atomic E-state index is -5.34. The van der Waals surface area contributed by atoms with Crippen molar-refractivity contribution < 1.29 is 63.4 Å². The van der Waals surface area contributed by atoms with Crippen molar-refractivity contribution in [3.8, 4) is 0 Å². The molecule has 2 aliphatic rings. The number of anilines is 1. The molecule has 0 aliphatic carbocycles. The topological polar surface area (TPSA) is 274 Å². The van der Waals surface area contributed by atoms with E-state index in [4.69, 9.17) is 10.5 Å². The van der Waals surface area contributed by atoms with Gasteiger partial charge in [0, 0.05) is 12.6 Å². The molecule has 0 bridgehead atoms. The molecule has 186 valence electrons. The number of carboxylic acid groups (broad SMARTS) is 1. The lowest BCUT2D eigenvalue weighted by atomic mass is 10.00. The monoisotopic (exact) mass is 499 g/mol. The van der Waals surface area contributed by atoms with E-state index in [2.05, 4.69) is 18.8 Å². The third kappa shape index (κ3) is 5.23. The van der Waals surface area contributed by atoms with Crippen LogP contribution in [0.5, 0.6) is 0 Å². The Morgan fingerprint density at radius 1 is 1.27 bits per heavy atom. The Kier molecular flexibility index (Phi) is 7.23. The van der Waals surface area contributed by atoms with Crippen molar-refractivity contribution in [2.24, 2.45) is 0 Å². The number of nitrogens with two attached hydrogens (primary N) is 1. The molecule has 1 aromatic rings. The first-order valence-electron chi connectivity index (χ1n) is 9.26. The van der Waals surface area contributed by atoms with Crippen LogP contribution in [-0.4, -0.2) is 100 Å². The number of carboxylic acids is 1. The molecule has 1 aromatic heterocycles. The summed E-state index contributed by atoms with van der Waals surface area (Å²) >= 11 is 0. The van der Waals surface area contributed by atoms with Gasteiger partial charge in [-0.3, -0.25) is 9.09 Å². The van der Waals surface area contributed by atoms with Gasteiger partial charge >= 0.3 is 19.5 Å².